The molecule has 3 fully saturated rings. The Balaban J connectivity index is 0.973. The van der Waals surface area contributed by atoms with Crippen LogP contribution in [0.2, 0.25) is 0 Å². The third-order valence-electron chi connectivity index (χ3n) is 14.2. The molecule has 4 aliphatic heterocycles. The SMILES string of the molecule is CC[C@H]1C[C@@H](c2ncc(-c3ccc4c(c3)COc3cc5c(ccc6[nH]c([C@@H]7CC[C@H](CC)N7C(=O)[C@@H](NC(=O)OC)C7CCOCC7)nc65)cc3-4)[nH]2)N(C(=O)C(NC(=O)OC)C(C)C)C1. The van der Waals surface area contributed by atoms with Gasteiger partial charge in [-0.15, -0.1) is 0 Å². The Kier molecular flexibility index (Phi) is 12.5. The largest absolute Gasteiger partial charge is 0.488 e. The van der Waals surface area contributed by atoms with E-state index in [4.69, 9.17) is 28.9 Å². The molecule has 4 amide bonds. The molecule has 65 heavy (non-hydrogen) atoms. The highest BCUT2D eigenvalue weighted by Crippen LogP contribution is 2.44. The zero-order valence-electron chi connectivity index (χ0n) is 38.1. The number of imidazole rings is 2. The van der Waals surface area contributed by atoms with Crippen LogP contribution in [0.15, 0.2) is 48.7 Å². The summed E-state index contributed by atoms with van der Waals surface area (Å²) in [5.74, 6) is 2.10. The minimum atomic E-state index is -0.721. The van der Waals surface area contributed by atoms with Gasteiger partial charge in [-0.1, -0.05) is 52.3 Å². The van der Waals surface area contributed by atoms with Crippen molar-refractivity contribution < 1.29 is 38.1 Å². The van der Waals surface area contributed by atoms with Crippen molar-refractivity contribution >= 4 is 45.8 Å². The molecule has 4 aliphatic rings. The van der Waals surface area contributed by atoms with Gasteiger partial charge in [0.1, 0.15) is 36.1 Å². The molecule has 0 saturated carbocycles. The Morgan fingerprint density at radius 2 is 1.65 bits per heavy atom. The maximum atomic E-state index is 14.5. The Hall–Kier alpha value is -6.16. The monoisotopic (exact) mass is 888 g/mol. The van der Waals surface area contributed by atoms with Gasteiger partial charge in [0.25, 0.3) is 0 Å². The summed E-state index contributed by atoms with van der Waals surface area (Å²) >= 11 is 0. The van der Waals surface area contributed by atoms with Gasteiger partial charge >= 0.3 is 12.2 Å². The number of benzene rings is 3. The summed E-state index contributed by atoms with van der Waals surface area (Å²) in [6.07, 6.45) is 6.03. The van der Waals surface area contributed by atoms with Crippen LogP contribution in [0.5, 0.6) is 5.75 Å². The molecule has 1 unspecified atom stereocenters. The van der Waals surface area contributed by atoms with Crippen molar-refractivity contribution in [2.75, 3.05) is 34.0 Å². The lowest BCUT2D eigenvalue weighted by Crippen LogP contribution is -2.54. The molecule has 0 bridgehead atoms. The summed E-state index contributed by atoms with van der Waals surface area (Å²) < 4.78 is 21.9. The number of fused-ring (bicyclic) bond motifs is 6. The number of amides is 4. The molecule has 6 heterocycles. The molecule has 0 radical (unpaired) electrons. The summed E-state index contributed by atoms with van der Waals surface area (Å²) in [7, 11) is 2.62. The highest BCUT2D eigenvalue weighted by Gasteiger charge is 2.44. The van der Waals surface area contributed by atoms with E-state index in [0.29, 0.717) is 45.1 Å². The zero-order chi connectivity index (χ0) is 45.5. The number of aromatic amines is 2. The fourth-order valence-electron chi connectivity index (χ4n) is 10.5. The van der Waals surface area contributed by atoms with E-state index in [-0.39, 0.29) is 41.8 Å². The molecule has 5 aromatic rings. The van der Waals surface area contributed by atoms with Gasteiger partial charge in [0, 0.05) is 36.8 Å². The Morgan fingerprint density at radius 3 is 2.38 bits per heavy atom. The van der Waals surface area contributed by atoms with Gasteiger partial charge in [-0.05, 0) is 103 Å². The van der Waals surface area contributed by atoms with Crippen LogP contribution in [0.4, 0.5) is 9.59 Å². The van der Waals surface area contributed by atoms with E-state index in [1.165, 1.54) is 14.2 Å². The molecular formula is C49H60N8O8. The van der Waals surface area contributed by atoms with E-state index >= 15 is 0 Å². The molecule has 4 N–H and O–H groups in total. The van der Waals surface area contributed by atoms with Gasteiger partial charge in [0.2, 0.25) is 11.8 Å². The molecule has 3 saturated heterocycles. The molecule has 16 heteroatoms. The smallest absolute Gasteiger partial charge is 0.407 e. The van der Waals surface area contributed by atoms with Gasteiger partial charge in [-0.3, -0.25) is 9.59 Å². The van der Waals surface area contributed by atoms with Crippen LogP contribution in [0.25, 0.3) is 44.2 Å². The number of ether oxygens (including phenoxy) is 4. The second kappa shape index (κ2) is 18.4. The Morgan fingerprint density at radius 1 is 0.862 bits per heavy atom. The quantitative estimate of drug-likeness (QED) is 0.101. The van der Waals surface area contributed by atoms with Crippen molar-refractivity contribution in [3.8, 4) is 28.1 Å². The molecule has 2 aromatic heterocycles. The summed E-state index contributed by atoms with van der Waals surface area (Å²) in [5, 5.41) is 7.59. The number of nitrogens with one attached hydrogen (secondary N) is 4. The third-order valence-corrected chi connectivity index (χ3v) is 14.2. The van der Waals surface area contributed by atoms with Crippen molar-refractivity contribution in [2.45, 2.75) is 109 Å². The van der Waals surface area contributed by atoms with Crippen LogP contribution in [-0.4, -0.2) is 106 Å². The Labute approximate surface area is 378 Å². The average Bonchev–Trinajstić information content (AvgIpc) is 4.16. The first-order valence-electron chi connectivity index (χ1n) is 23.2. The molecule has 0 aliphatic carbocycles. The van der Waals surface area contributed by atoms with Crippen LogP contribution >= 0.6 is 0 Å². The van der Waals surface area contributed by atoms with E-state index in [9.17, 15) is 19.2 Å². The predicted molar refractivity (Wildman–Crippen MR) is 244 cm³/mol. The minimum absolute atomic E-state index is 0.0123. The van der Waals surface area contributed by atoms with Crippen molar-refractivity contribution in [2.24, 2.45) is 17.8 Å². The van der Waals surface area contributed by atoms with E-state index in [2.05, 4.69) is 70.8 Å². The standard InChI is InChI=1S/C49H60N8O8/c1-7-27-19-39(56(24-27)46(58)41(26(3)4)54-48(60)62-5)44-50-23-37(52-44)30-9-12-33-31(20-30)25-65-40-22-34-29(21-35(33)40)10-13-36-43(34)53-45(51-36)38-14-11-32(8-2)57(38)47(59)42(55-49(61)63-6)28-15-17-64-18-16-28/h9-10,12-13,20-23,26-28,32,38-39,41-42H,7-8,11,14-19,24-25H2,1-6H3,(H,50,52)(H,51,53)(H,54,60)(H,55,61)/t27-,32-,38-,39-,41?,42-/m0/s1. The average molecular weight is 889 g/mol. The molecular weight excluding hydrogens is 829 g/mol. The van der Waals surface area contributed by atoms with Crippen molar-refractivity contribution in [3.05, 3.63) is 65.9 Å². The van der Waals surface area contributed by atoms with Crippen LogP contribution in [0, 0.1) is 17.8 Å². The first-order chi connectivity index (χ1) is 31.5. The second-order valence-corrected chi connectivity index (χ2v) is 18.3. The van der Waals surface area contributed by atoms with E-state index in [1.807, 2.05) is 35.9 Å². The number of carbonyl (C=O) groups excluding carboxylic acids is 4. The number of aromatic nitrogens is 4. The molecule has 344 valence electrons. The van der Waals surface area contributed by atoms with Gasteiger partial charge in [-0.25, -0.2) is 19.6 Å². The summed E-state index contributed by atoms with van der Waals surface area (Å²) in [4.78, 5) is 74.1. The number of methoxy groups -OCH3 is 2. The van der Waals surface area contributed by atoms with E-state index < -0.39 is 24.3 Å². The minimum Gasteiger partial charge on any atom is -0.488 e. The topological polar surface area (TPSA) is 193 Å². The lowest BCUT2D eigenvalue weighted by molar-refractivity contribution is -0.139. The maximum Gasteiger partial charge on any atom is 0.407 e. The third kappa shape index (κ3) is 8.36. The fraction of sp³-hybridized carbons (Fsp3) is 0.510. The van der Waals surface area contributed by atoms with Crippen LogP contribution in [0.1, 0.15) is 102 Å². The predicted octanol–water partition coefficient (Wildman–Crippen LogP) is 7.94. The fourth-order valence-corrected chi connectivity index (χ4v) is 10.5. The van der Waals surface area contributed by atoms with Gasteiger partial charge in [-0.2, -0.15) is 0 Å². The maximum absolute atomic E-state index is 14.5. The van der Waals surface area contributed by atoms with Gasteiger partial charge < -0.3 is 49.3 Å². The lowest BCUT2D eigenvalue weighted by atomic mass is 9.90. The van der Waals surface area contributed by atoms with Crippen LogP contribution in [-0.2, 0) is 30.4 Å². The number of alkyl carbamates (subject to hydrolysis) is 2. The molecule has 0 spiro atoms. The van der Waals surface area contributed by atoms with Crippen LogP contribution in [0.3, 0.4) is 0 Å². The van der Waals surface area contributed by atoms with E-state index in [0.717, 1.165) is 99.3 Å². The number of H-pyrrole nitrogens is 2. The summed E-state index contributed by atoms with van der Waals surface area (Å²) in [6, 6.07) is 12.8. The number of hydrogen-bond donors (Lipinski definition) is 4. The van der Waals surface area contributed by atoms with Gasteiger partial charge in [0.15, 0.2) is 0 Å². The van der Waals surface area contributed by atoms with Crippen molar-refractivity contribution in [3.63, 3.8) is 0 Å². The first-order valence-corrected chi connectivity index (χ1v) is 23.2. The highest BCUT2D eigenvalue weighted by atomic mass is 16.5. The normalized spacial score (nSPS) is 21.8. The number of nitrogens with zero attached hydrogens (tertiary/aromatic N) is 4. The van der Waals surface area contributed by atoms with Gasteiger partial charge in [0.05, 0.1) is 49.2 Å². The van der Waals surface area contributed by atoms with Crippen molar-refractivity contribution in [1.29, 1.82) is 0 Å². The molecule has 16 nitrogen and oxygen atoms in total. The molecule has 6 atom stereocenters. The van der Waals surface area contributed by atoms with Crippen molar-refractivity contribution in [1.82, 2.24) is 40.4 Å². The molecule has 3 aromatic carbocycles. The highest BCUT2D eigenvalue weighted by molar-refractivity contribution is 6.07. The summed E-state index contributed by atoms with van der Waals surface area (Å²) in [6.45, 7) is 10.1. The number of likely N-dealkylation sites (tertiary alicyclic amines) is 2. The first kappa shape index (κ1) is 44.1. The summed E-state index contributed by atoms with van der Waals surface area (Å²) in [5.41, 5.74) is 6.61. The lowest BCUT2D eigenvalue weighted by Gasteiger charge is -2.36. The Bertz CT molecular complexity index is 2600. The number of hydrogen-bond acceptors (Lipinski definition) is 10. The molecule has 9 rings (SSSR count). The zero-order valence-corrected chi connectivity index (χ0v) is 38.1. The number of carbonyl (C=O) groups is 4. The van der Waals surface area contributed by atoms with Crippen LogP contribution < -0.4 is 15.4 Å². The second-order valence-electron chi connectivity index (χ2n) is 18.3. The number of rotatable bonds is 11. The van der Waals surface area contributed by atoms with E-state index in [1.54, 1.807) is 0 Å².